The monoisotopic (exact) mass is 716 g/mol. The van der Waals surface area contributed by atoms with Crippen LogP contribution >= 0.6 is 0 Å². The number of fused-ring (bicyclic) bond motifs is 3. The number of hydrogen-bond acceptors (Lipinski definition) is 2. The maximum atomic E-state index is 2.48. The maximum absolute atomic E-state index is 2.48. The first-order chi connectivity index (χ1) is 27.8. The van der Waals surface area contributed by atoms with Gasteiger partial charge in [-0.05, 0) is 111 Å². The van der Waals surface area contributed by atoms with Gasteiger partial charge in [0, 0.05) is 34.4 Å². The van der Waals surface area contributed by atoms with E-state index in [0.29, 0.717) is 12.0 Å². The summed E-state index contributed by atoms with van der Waals surface area (Å²) in [4.78, 5) is 4.77. The van der Waals surface area contributed by atoms with Gasteiger partial charge in [-0.15, -0.1) is 0 Å². The number of allylic oxidation sites excluding steroid dienone is 2. The predicted octanol–water partition coefficient (Wildman–Crippen LogP) is 14.6. The van der Waals surface area contributed by atoms with Crippen molar-refractivity contribution in [3.63, 3.8) is 0 Å². The Balaban J connectivity index is 0.841. The van der Waals surface area contributed by atoms with Crippen LogP contribution in [0.1, 0.15) is 11.5 Å². The van der Waals surface area contributed by atoms with Crippen LogP contribution in [0.4, 0.5) is 28.4 Å². The highest BCUT2D eigenvalue weighted by Gasteiger charge is 2.37. The third-order valence-electron chi connectivity index (χ3n) is 11.2. The average molecular weight is 717 g/mol. The predicted molar refractivity (Wildman–Crippen MR) is 236 cm³/mol. The van der Waals surface area contributed by atoms with E-state index in [-0.39, 0.29) is 0 Å². The summed E-state index contributed by atoms with van der Waals surface area (Å²) in [6.07, 6.45) is 9.05. The molecule has 0 radical (unpaired) electrons. The molecular weight excluding hydrogens is 677 g/mol. The molecule has 8 aromatic carbocycles. The van der Waals surface area contributed by atoms with Crippen LogP contribution in [0.3, 0.4) is 0 Å². The molecule has 56 heavy (non-hydrogen) atoms. The summed E-state index contributed by atoms with van der Waals surface area (Å²) in [6.45, 7) is 0. The van der Waals surface area contributed by atoms with E-state index in [1.165, 1.54) is 61.4 Å². The quantitative estimate of drug-likeness (QED) is 0.154. The Morgan fingerprint density at radius 1 is 0.339 bits per heavy atom. The lowest BCUT2D eigenvalue weighted by Gasteiger charge is -2.28. The van der Waals surface area contributed by atoms with Crippen molar-refractivity contribution in [2.45, 2.75) is 12.0 Å². The third-order valence-corrected chi connectivity index (χ3v) is 11.2. The number of hydrogen-bond donors (Lipinski definition) is 0. The SMILES string of the molecule is C1=CC2c3cc(-c4ccc(-c5ccc(-c6ccc(-c7ccc(N(c8ccccc8)c8ccccc8)cc7)cc6)cc5)cc4)ccc3N(c3ccccc3)C2C=C1. The molecule has 8 aromatic rings. The standard InChI is InChI=1S/C54H40N2/c1-4-12-47(13-5-1)55(48-14-6-2-7-15-48)50-35-32-44(33-36-50)43-26-24-40(25-27-43)39-20-22-41(23-21-39)42-28-30-45(31-29-42)46-34-37-54-52(38-46)51-18-10-11-19-53(51)56(54)49-16-8-3-9-17-49/h1-38,51,53H. The summed E-state index contributed by atoms with van der Waals surface area (Å²) < 4.78 is 0. The molecule has 1 aliphatic carbocycles. The van der Waals surface area contributed by atoms with Gasteiger partial charge in [-0.3, -0.25) is 0 Å². The van der Waals surface area contributed by atoms with Crippen molar-refractivity contribution in [2.75, 3.05) is 9.80 Å². The first kappa shape index (κ1) is 33.4. The first-order valence-electron chi connectivity index (χ1n) is 19.4. The minimum Gasteiger partial charge on any atom is -0.333 e. The zero-order valence-corrected chi connectivity index (χ0v) is 31.0. The van der Waals surface area contributed by atoms with Crippen molar-refractivity contribution in [3.05, 3.63) is 236 Å². The van der Waals surface area contributed by atoms with Gasteiger partial charge >= 0.3 is 0 Å². The fourth-order valence-corrected chi connectivity index (χ4v) is 8.38. The van der Waals surface area contributed by atoms with E-state index in [1.54, 1.807) is 0 Å². The van der Waals surface area contributed by atoms with Gasteiger partial charge in [0.15, 0.2) is 0 Å². The molecule has 10 rings (SSSR count). The number of para-hydroxylation sites is 3. The highest BCUT2D eigenvalue weighted by Crippen LogP contribution is 2.49. The van der Waals surface area contributed by atoms with Crippen molar-refractivity contribution in [2.24, 2.45) is 0 Å². The van der Waals surface area contributed by atoms with Gasteiger partial charge in [0.1, 0.15) is 0 Å². The Kier molecular flexibility index (Phi) is 8.70. The molecule has 1 heterocycles. The van der Waals surface area contributed by atoms with Gasteiger partial charge in [-0.1, -0.05) is 170 Å². The zero-order chi connectivity index (χ0) is 37.3. The summed E-state index contributed by atoms with van der Waals surface area (Å²) in [6, 6.07) is 74.8. The third kappa shape index (κ3) is 6.32. The highest BCUT2D eigenvalue weighted by atomic mass is 15.2. The molecular formula is C54H40N2. The van der Waals surface area contributed by atoms with Crippen LogP contribution in [0.2, 0.25) is 0 Å². The molecule has 0 N–H and O–H groups in total. The van der Waals surface area contributed by atoms with Crippen LogP contribution < -0.4 is 9.80 Å². The van der Waals surface area contributed by atoms with Crippen LogP contribution in [0, 0.1) is 0 Å². The first-order valence-corrected chi connectivity index (χ1v) is 19.4. The van der Waals surface area contributed by atoms with E-state index in [9.17, 15) is 0 Å². The summed E-state index contributed by atoms with van der Waals surface area (Å²) >= 11 is 0. The number of benzene rings is 8. The molecule has 0 fully saturated rings. The smallest absolute Gasteiger partial charge is 0.0629 e. The van der Waals surface area contributed by atoms with E-state index in [2.05, 4.69) is 240 Å². The molecule has 0 saturated carbocycles. The largest absolute Gasteiger partial charge is 0.333 e. The molecule has 0 bridgehead atoms. The molecule has 266 valence electrons. The second kappa shape index (κ2) is 14.6. The maximum Gasteiger partial charge on any atom is 0.0629 e. The van der Waals surface area contributed by atoms with Crippen LogP contribution in [-0.4, -0.2) is 6.04 Å². The lowest BCUT2D eigenvalue weighted by atomic mass is 9.89. The van der Waals surface area contributed by atoms with E-state index >= 15 is 0 Å². The van der Waals surface area contributed by atoms with Crippen LogP contribution in [0.25, 0.3) is 44.5 Å². The van der Waals surface area contributed by atoms with E-state index in [1.807, 2.05) is 0 Å². The highest BCUT2D eigenvalue weighted by molar-refractivity contribution is 5.82. The second-order valence-corrected chi connectivity index (χ2v) is 14.6. The lowest BCUT2D eigenvalue weighted by molar-refractivity contribution is 0.745. The van der Waals surface area contributed by atoms with Crippen molar-refractivity contribution >= 4 is 28.4 Å². The van der Waals surface area contributed by atoms with Gasteiger partial charge in [0.05, 0.1) is 6.04 Å². The van der Waals surface area contributed by atoms with Gasteiger partial charge in [0.2, 0.25) is 0 Å². The molecule has 2 heteroatoms. The molecule has 0 spiro atoms. The van der Waals surface area contributed by atoms with Crippen molar-refractivity contribution < 1.29 is 0 Å². The van der Waals surface area contributed by atoms with Crippen molar-refractivity contribution in [1.82, 2.24) is 0 Å². The van der Waals surface area contributed by atoms with Gasteiger partial charge < -0.3 is 9.80 Å². The second-order valence-electron chi connectivity index (χ2n) is 14.6. The molecule has 0 aromatic heterocycles. The van der Waals surface area contributed by atoms with Crippen LogP contribution in [-0.2, 0) is 0 Å². The van der Waals surface area contributed by atoms with E-state index in [0.717, 1.165) is 17.1 Å². The lowest BCUT2D eigenvalue weighted by Crippen LogP contribution is -2.28. The van der Waals surface area contributed by atoms with Gasteiger partial charge in [-0.25, -0.2) is 0 Å². The van der Waals surface area contributed by atoms with E-state index < -0.39 is 0 Å². The Morgan fingerprint density at radius 2 is 0.714 bits per heavy atom. The fraction of sp³-hybridized carbons (Fsp3) is 0.0370. The Hall–Kier alpha value is -7.16. The molecule has 1 aliphatic heterocycles. The zero-order valence-electron chi connectivity index (χ0n) is 31.0. The average Bonchev–Trinajstić information content (AvgIpc) is 3.62. The Bertz CT molecular complexity index is 2600. The number of nitrogens with zero attached hydrogens (tertiary/aromatic N) is 2. The van der Waals surface area contributed by atoms with Crippen LogP contribution in [0.5, 0.6) is 0 Å². The Morgan fingerprint density at radius 3 is 1.20 bits per heavy atom. The molecule has 2 nitrogen and oxygen atoms in total. The van der Waals surface area contributed by atoms with Crippen LogP contribution in [0.15, 0.2) is 231 Å². The molecule has 2 atom stereocenters. The minimum absolute atomic E-state index is 0.297. The Labute approximate surface area is 329 Å². The minimum atomic E-state index is 0.297. The van der Waals surface area contributed by atoms with Crippen molar-refractivity contribution in [3.8, 4) is 44.5 Å². The summed E-state index contributed by atoms with van der Waals surface area (Å²) in [5, 5.41) is 0. The topological polar surface area (TPSA) is 6.48 Å². The summed E-state index contributed by atoms with van der Waals surface area (Å²) in [7, 11) is 0. The van der Waals surface area contributed by atoms with E-state index in [4.69, 9.17) is 0 Å². The molecule has 0 amide bonds. The summed E-state index contributed by atoms with van der Waals surface area (Å²) in [5.74, 6) is 0.340. The fourth-order valence-electron chi connectivity index (χ4n) is 8.38. The van der Waals surface area contributed by atoms with Gasteiger partial charge in [0.25, 0.3) is 0 Å². The molecule has 2 unspecified atom stereocenters. The molecule has 0 saturated heterocycles. The van der Waals surface area contributed by atoms with Gasteiger partial charge in [-0.2, -0.15) is 0 Å². The summed E-state index contributed by atoms with van der Waals surface area (Å²) in [5.41, 5.74) is 17.0. The van der Waals surface area contributed by atoms with Crippen molar-refractivity contribution in [1.29, 1.82) is 0 Å². The molecule has 2 aliphatic rings. The number of rotatable bonds is 8. The number of anilines is 5. The normalized spacial score (nSPS) is 15.3.